The van der Waals surface area contributed by atoms with Gasteiger partial charge in [0.25, 0.3) is 0 Å². The van der Waals surface area contributed by atoms with Gasteiger partial charge in [-0.3, -0.25) is 9.13 Å². The molecule has 0 atom stereocenters. The molecule has 0 bridgehead atoms. The summed E-state index contributed by atoms with van der Waals surface area (Å²) in [4.78, 5) is 13.3. The number of H-pyrrole nitrogens is 1. The van der Waals surface area contributed by atoms with Gasteiger partial charge in [-0.2, -0.15) is 0 Å². The summed E-state index contributed by atoms with van der Waals surface area (Å²) in [5.74, 6) is 0.636. The topological polar surface area (TPSA) is 81.4 Å². The molecule has 7 heteroatoms. The minimum atomic E-state index is 0.0524. The maximum Gasteiger partial charge on any atom is 0.328 e. The van der Waals surface area contributed by atoms with Crippen molar-refractivity contribution in [3.63, 3.8) is 0 Å². The van der Waals surface area contributed by atoms with Crippen LogP contribution in [0.2, 0.25) is 0 Å². The minimum absolute atomic E-state index is 0.0524. The lowest BCUT2D eigenvalue weighted by molar-refractivity contribution is 0.628. The SMILES string of the molecule is CCCc1cn(CCc2ccccc2)c(=O)n1Cc1ccc(-c2ccccc2-c2nnn[nH]2)cc1. The molecule has 0 radical (unpaired) electrons. The van der Waals surface area contributed by atoms with Gasteiger partial charge in [-0.1, -0.05) is 92.2 Å². The Hall–Kier alpha value is -4.26. The number of nitrogens with one attached hydrogen (secondary N) is 1. The van der Waals surface area contributed by atoms with Gasteiger partial charge in [0.05, 0.1) is 6.54 Å². The van der Waals surface area contributed by atoms with E-state index in [-0.39, 0.29) is 5.69 Å². The Morgan fingerprint density at radius 3 is 2.29 bits per heavy atom. The van der Waals surface area contributed by atoms with E-state index in [2.05, 4.69) is 70.0 Å². The molecule has 35 heavy (non-hydrogen) atoms. The highest BCUT2D eigenvalue weighted by atomic mass is 16.1. The quantitative estimate of drug-likeness (QED) is 0.342. The summed E-state index contributed by atoms with van der Waals surface area (Å²) in [7, 11) is 0. The summed E-state index contributed by atoms with van der Waals surface area (Å²) in [6, 6.07) is 26.7. The van der Waals surface area contributed by atoms with Crippen LogP contribution in [0, 0.1) is 0 Å². The zero-order valence-electron chi connectivity index (χ0n) is 19.8. The van der Waals surface area contributed by atoms with Crippen LogP contribution in [0.15, 0.2) is 89.9 Å². The highest BCUT2D eigenvalue weighted by Gasteiger charge is 2.13. The van der Waals surface area contributed by atoms with E-state index in [1.165, 1.54) is 5.56 Å². The smallest absolute Gasteiger partial charge is 0.299 e. The van der Waals surface area contributed by atoms with Gasteiger partial charge in [0.1, 0.15) is 0 Å². The van der Waals surface area contributed by atoms with Gasteiger partial charge in [0.2, 0.25) is 0 Å². The molecule has 0 unspecified atom stereocenters. The fraction of sp³-hybridized carbons (Fsp3) is 0.214. The van der Waals surface area contributed by atoms with Crippen molar-refractivity contribution in [1.29, 1.82) is 0 Å². The van der Waals surface area contributed by atoms with Crippen molar-refractivity contribution in [3.8, 4) is 22.5 Å². The summed E-state index contributed by atoms with van der Waals surface area (Å²) >= 11 is 0. The Morgan fingerprint density at radius 2 is 1.57 bits per heavy atom. The Bertz CT molecular complexity index is 1430. The van der Waals surface area contributed by atoms with Gasteiger partial charge >= 0.3 is 5.69 Å². The zero-order valence-corrected chi connectivity index (χ0v) is 19.8. The number of hydrogen-bond donors (Lipinski definition) is 1. The maximum absolute atomic E-state index is 13.3. The van der Waals surface area contributed by atoms with Crippen molar-refractivity contribution in [2.24, 2.45) is 0 Å². The highest BCUT2D eigenvalue weighted by molar-refractivity contribution is 5.80. The summed E-state index contributed by atoms with van der Waals surface area (Å²) in [6.07, 6.45) is 4.74. The number of rotatable bonds is 9. The first kappa shape index (κ1) is 22.5. The first-order chi connectivity index (χ1) is 17.2. The molecule has 0 saturated heterocycles. The van der Waals surface area contributed by atoms with Gasteiger partial charge in [-0.25, -0.2) is 9.89 Å². The Morgan fingerprint density at radius 1 is 0.829 bits per heavy atom. The molecule has 3 aromatic carbocycles. The minimum Gasteiger partial charge on any atom is -0.299 e. The summed E-state index contributed by atoms with van der Waals surface area (Å²) in [6.45, 7) is 3.38. The van der Waals surface area contributed by atoms with Crippen LogP contribution in [0.4, 0.5) is 0 Å². The van der Waals surface area contributed by atoms with Crippen molar-refractivity contribution >= 4 is 0 Å². The summed E-state index contributed by atoms with van der Waals surface area (Å²) in [5, 5.41) is 14.3. The number of nitrogens with zero attached hydrogens (tertiary/aromatic N) is 5. The predicted octanol–water partition coefficient (Wildman–Crippen LogP) is 4.74. The van der Waals surface area contributed by atoms with Crippen LogP contribution in [0.25, 0.3) is 22.5 Å². The zero-order chi connectivity index (χ0) is 24.0. The van der Waals surface area contributed by atoms with Crippen molar-refractivity contribution in [3.05, 3.63) is 112 Å². The maximum atomic E-state index is 13.3. The van der Waals surface area contributed by atoms with E-state index >= 15 is 0 Å². The van der Waals surface area contributed by atoms with Crippen molar-refractivity contribution in [2.45, 2.75) is 39.3 Å². The second kappa shape index (κ2) is 10.3. The van der Waals surface area contributed by atoms with E-state index in [9.17, 15) is 4.79 Å². The van der Waals surface area contributed by atoms with Crippen molar-refractivity contribution in [2.75, 3.05) is 0 Å². The van der Waals surface area contributed by atoms with E-state index in [0.29, 0.717) is 18.9 Å². The van der Waals surface area contributed by atoms with E-state index in [1.807, 2.05) is 51.7 Å². The van der Waals surface area contributed by atoms with Gasteiger partial charge in [0.15, 0.2) is 5.82 Å². The number of aromatic amines is 1. The molecule has 1 N–H and O–H groups in total. The van der Waals surface area contributed by atoms with Crippen molar-refractivity contribution < 1.29 is 0 Å². The second-order valence-corrected chi connectivity index (χ2v) is 8.66. The lowest BCUT2D eigenvalue weighted by Gasteiger charge is -2.10. The average Bonchev–Trinajstić information content (AvgIpc) is 3.54. The van der Waals surface area contributed by atoms with Crippen LogP contribution >= 0.6 is 0 Å². The van der Waals surface area contributed by atoms with Crippen LogP contribution in [0.3, 0.4) is 0 Å². The largest absolute Gasteiger partial charge is 0.328 e. The number of tetrazole rings is 1. The third-order valence-electron chi connectivity index (χ3n) is 6.25. The Balaban J connectivity index is 1.38. The molecule has 0 aliphatic heterocycles. The first-order valence-electron chi connectivity index (χ1n) is 12.0. The predicted molar refractivity (Wildman–Crippen MR) is 137 cm³/mol. The monoisotopic (exact) mass is 464 g/mol. The van der Waals surface area contributed by atoms with Crippen LogP contribution < -0.4 is 5.69 Å². The standard InChI is InChI=1S/C28H28N6O/c1-2-8-24-20-33(18-17-21-9-4-3-5-10-21)28(35)34(24)19-22-13-15-23(16-14-22)25-11-6-7-12-26(25)27-29-31-32-30-27/h3-7,9-16,20H,2,8,17-19H2,1H3,(H,29,30,31,32). The second-order valence-electron chi connectivity index (χ2n) is 8.66. The third kappa shape index (κ3) is 4.99. The first-order valence-corrected chi connectivity index (χ1v) is 12.0. The molecule has 5 rings (SSSR count). The van der Waals surface area contributed by atoms with E-state index in [0.717, 1.165) is 47.2 Å². The van der Waals surface area contributed by atoms with Crippen LogP contribution in [0.5, 0.6) is 0 Å². The molecule has 0 amide bonds. The number of aryl methyl sites for hydroxylation is 3. The Kier molecular flexibility index (Phi) is 6.66. The molecular weight excluding hydrogens is 436 g/mol. The third-order valence-corrected chi connectivity index (χ3v) is 6.25. The number of aromatic nitrogens is 6. The molecule has 0 aliphatic carbocycles. The molecule has 0 spiro atoms. The fourth-order valence-electron chi connectivity index (χ4n) is 4.45. The highest BCUT2D eigenvalue weighted by Crippen LogP contribution is 2.29. The van der Waals surface area contributed by atoms with E-state index in [1.54, 1.807) is 0 Å². The van der Waals surface area contributed by atoms with Crippen LogP contribution in [-0.2, 0) is 25.9 Å². The fourth-order valence-corrected chi connectivity index (χ4v) is 4.45. The lowest BCUT2D eigenvalue weighted by Crippen LogP contribution is -2.26. The van der Waals surface area contributed by atoms with Gasteiger partial charge in [-0.05, 0) is 45.5 Å². The molecule has 5 aromatic rings. The van der Waals surface area contributed by atoms with Gasteiger partial charge in [0, 0.05) is 24.0 Å². The number of benzene rings is 3. The van der Waals surface area contributed by atoms with Gasteiger partial charge < -0.3 is 0 Å². The van der Waals surface area contributed by atoms with E-state index in [4.69, 9.17) is 0 Å². The van der Waals surface area contributed by atoms with Gasteiger partial charge in [-0.15, -0.1) is 5.10 Å². The van der Waals surface area contributed by atoms with Crippen molar-refractivity contribution in [1.82, 2.24) is 29.8 Å². The average molecular weight is 465 g/mol. The van der Waals surface area contributed by atoms with E-state index < -0.39 is 0 Å². The summed E-state index contributed by atoms with van der Waals surface area (Å²) in [5.41, 5.74) is 6.53. The lowest BCUT2D eigenvalue weighted by atomic mass is 9.98. The molecule has 7 nitrogen and oxygen atoms in total. The summed E-state index contributed by atoms with van der Waals surface area (Å²) < 4.78 is 3.77. The normalized spacial score (nSPS) is 11.1. The molecule has 176 valence electrons. The molecular formula is C28H28N6O. The Labute approximate surface area is 204 Å². The molecule has 2 aromatic heterocycles. The molecule has 0 fully saturated rings. The number of hydrogen-bond acceptors (Lipinski definition) is 4. The molecule has 0 aliphatic rings. The number of imidazole rings is 1. The van der Waals surface area contributed by atoms with Crippen LogP contribution in [0.1, 0.15) is 30.2 Å². The molecule has 0 saturated carbocycles. The van der Waals surface area contributed by atoms with Crippen LogP contribution in [-0.4, -0.2) is 29.8 Å². The molecule has 2 heterocycles.